The Morgan fingerprint density at radius 3 is 2.87 bits per heavy atom. The van der Waals surface area contributed by atoms with E-state index in [-0.39, 0.29) is 13.2 Å². The Labute approximate surface area is 93.1 Å². The number of aliphatic hydroxyl groups excluding tert-OH is 1. The van der Waals surface area contributed by atoms with Crippen LogP contribution in [0.2, 0.25) is 5.02 Å². The molecule has 0 aromatic heterocycles. The summed E-state index contributed by atoms with van der Waals surface area (Å²) >= 11 is 5.75. The first-order valence-electron chi connectivity index (χ1n) is 4.44. The molecule has 3 N–H and O–H groups in total. The van der Waals surface area contributed by atoms with Gasteiger partial charge in [-0.2, -0.15) is 0 Å². The van der Waals surface area contributed by atoms with Crippen LogP contribution in [0, 0.1) is 0 Å². The monoisotopic (exact) mass is 227 g/mol. The third-order valence-corrected chi connectivity index (χ3v) is 2.17. The maximum absolute atomic E-state index is 10.3. The third kappa shape index (κ3) is 3.91. The topological polar surface area (TPSA) is 69.6 Å². The van der Waals surface area contributed by atoms with E-state index in [1.54, 1.807) is 18.2 Å². The van der Waals surface area contributed by atoms with Gasteiger partial charge in [0.1, 0.15) is 0 Å². The maximum Gasteiger partial charge on any atom is 0.316 e. The average molecular weight is 227 g/mol. The van der Waals surface area contributed by atoms with Crippen molar-refractivity contribution in [2.75, 3.05) is 6.54 Å². The highest BCUT2D eigenvalue weighted by atomic mass is 35.5. The molecule has 6 heteroatoms. The molecule has 0 aliphatic heterocycles. The Kier molecular flexibility index (Phi) is 4.61. The molecule has 15 heavy (non-hydrogen) atoms. The summed E-state index contributed by atoms with van der Waals surface area (Å²) in [7, 11) is 0.402. The van der Waals surface area contributed by atoms with Crippen molar-refractivity contribution in [3.05, 3.63) is 28.8 Å². The van der Waals surface area contributed by atoms with Crippen molar-refractivity contribution < 1.29 is 15.0 Å². The zero-order valence-electron chi connectivity index (χ0n) is 8.03. The number of hydrogen-bond donors (Lipinski definition) is 3. The summed E-state index contributed by atoms with van der Waals surface area (Å²) in [4.78, 5) is 10.3. The summed E-state index contributed by atoms with van der Waals surface area (Å²) < 4.78 is 0. The van der Waals surface area contributed by atoms with Crippen molar-refractivity contribution in [1.29, 1.82) is 0 Å². The molecule has 0 unspecified atom stereocenters. The molecule has 0 saturated heterocycles. The number of carboxylic acid groups (broad SMARTS) is 1. The number of hydrogen-bond acceptors (Lipinski definition) is 3. The number of rotatable bonds is 5. The molecule has 1 rings (SSSR count). The largest absolute Gasteiger partial charge is 0.480 e. The molecule has 0 spiro atoms. The first kappa shape index (κ1) is 12.0. The molecule has 0 saturated carbocycles. The highest BCUT2D eigenvalue weighted by Gasteiger charge is 2.05. The van der Waals surface area contributed by atoms with E-state index in [0.29, 0.717) is 18.0 Å². The molecule has 0 atom stereocenters. The van der Waals surface area contributed by atoms with Crippen LogP contribution in [0.25, 0.3) is 0 Å². The van der Waals surface area contributed by atoms with Gasteiger partial charge >= 0.3 is 5.97 Å². The normalized spacial score (nSPS) is 10.0. The highest BCUT2D eigenvalue weighted by Crippen LogP contribution is 2.08. The third-order valence-electron chi connectivity index (χ3n) is 1.93. The highest BCUT2D eigenvalue weighted by molar-refractivity contribution is 6.51. The molecular formula is C9H11BClNO3. The first-order chi connectivity index (χ1) is 7.13. The van der Waals surface area contributed by atoms with Crippen LogP contribution in [-0.2, 0) is 11.4 Å². The van der Waals surface area contributed by atoms with Crippen molar-refractivity contribution >= 4 is 30.4 Å². The Morgan fingerprint density at radius 1 is 1.53 bits per heavy atom. The van der Waals surface area contributed by atoms with E-state index in [9.17, 15) is 4.79 Å². The van der Waals surface area contributed by atoms with E-state index in [2.05, 4.69) is 5.23 Å². The van der Waals surface area contributed by atoms with Gasteiger partial charge in [-0.05, 0) is 17.7 Å². The zero-order valence-corrected chi connectivity index (χ0v) is 8.79. The van der Waals surface area contributed by atoms with Crippen molar-refractivity contribution in [3.8, 4) is 0 Å². The van der Waals surface area contributed by atoms with Crippen LogP contribution >= 0.6 is 11.6 Å². The molecule has 0 radical (unpaired) electrons. The lowest BCUT2D eigenvalue weighted by Crippen LogP contribution is -2.36. The molecule has 0 bridgehead atoms. The Hall–Kier alpha value is -1.04. The lowest BCUT2D eigenvalue weighted by molar-refractivity contribution is -0.135. The molecule has 0 amide bonds. The fraction of sp³-hybridized carbons (Fsp3) is 0.222. The lowest BCUT2D eigenvalue weighted by Gasteiger charge is -2.06. The molecule has 0 heterocycles. The van der Waals surface area contributed by atoms with Crippen molar-refractivity contribution in [1.82, 2.24) is 5.23 Å². The summed E-state index contributed by atoms with van der Waals surface area (Å²) in [5.74, 6) is -0.908. The van der Waals surface area contributed by atoms with Gasteiger partial charge in [-0.3, -0.25) is 4.79 Å². The fourth-order valence-corrected chi connectivity index (χ4v) is 1.41. The Morgan fingerprint density at radius 2 is 2.27 bits per heavy atom. The number of nitrogens with one attached hydrogen (secondary N) is 1. The van der Waals surface area contributed by atoms with E-state index in [1.807, 2.05) is 0 Å². The van der Waals surface area contributed by atoms with Gasteiger partial charge < -0.3 is 15.4 Å². The van der Waals surface area contributed by atoms with Crippen molar-refractivity contribution in [2.45, 2.75) is 6.61 Å². The zero-order chi connectivity index (χ0) is 11.3. The molecule has 0 fully saturated rings. The molecule has 1 aromatic rings. The fourth-order valence-electron chi connectivity index (χ4n) is 1.22. The van der Waals surface area contributed by atoms with Crippen LogP contribution in [0.1, 0.15) is 5.56 Å². The second-order valence-electron chi connectivity index (χ2n) is 3.07. The number of aliphatic carboxylic acids is 1. The quantitative estimate of drug-likeness (QED) is 0.592. The number of aliphatic hydroxyl groups is 1. The number of carboxylic acids is 1. The van der Waals surface area contributed by atoms with Crippen LogP contribution in [0.3, 0.4) is 0 Å². The lowest BCUT2D eigenvalue weighted by atomic mass is 9.79. The van der Waals surface area contributed by atoms with Crippen molar-refractivity contribution in [2.24, 2.45) is 0 Å². The van der Waals surface area contributed by atoms with E-state index in [0.717, 1.165) is 5.46 Å². The summed E-state index contributed by atoms with van der Waals surface area (Å²) in [5.41, 5.74) is 1.56. The van der Waals surface area contributed by atoms with E-state index >= 15 is 0 Å². The Balaban J connectivity index is 2.63. The molecule has 80 valence electrons. The second-order valence-corrected chi connectivity index (χ2v) is 3.50. The van der Waals surface area contributed by atoms with Crippen LogP contribution in [-0.4, -0.2) is 30.1 Å². The second kappa shape index (κ2) is 5.75. The summed E-state index contributed by atoms with van der Waals surface area (Å²) in [6.07, 6.45) is 0. The molecule has 1 aromatic carbocycles. The standard InChI is InChI=1S/C9H11BClNO3/c11-7-1-2-8(6(3-7)5-13)10-12-4-9(14)15/h1-3,10,12-13H,4-5H2,(H,14,15). The summed E-state index contributed by atoms with van der Waals surface area (Å²) in [6.45, 7) is -0.210. The average Bonchev–Trinajstić information content (AvgIpc) is 2.19. The number of halogens is 1. The van der Waals surface area contributed by atoms with Gasteiger partial charge in [0.2, 0.25) is 7.41 Å². The number of benzene rings is 1. The molecule has 4 nitrogen and oxygen atoms in total. The summed E-state index contributed by atoms with van der Waals surface area (Å²) in [5, 5.41) is 20.8. The van der Waals surface area contributed by atoms with Gasteiger partial charge in [-0.25, -0.2) is 0 Å². The van der Waals surface area contributed by atoms with Crippen LogP contribution in [0.4, 0.5) is 0 Å². The predicted octanol–water partition coefficient (Wildman–Crippen LogP) is -0.517. The van der Waals surface area contributed by atoms with Crippen LogP contribution in [0.15, 0.2) is 18.2 Å². The number of carbonyl (C=O) groups is 1. The van der Waals surface area contributed by atoms with Gasteiger partial charge in [0.15, 0.2) is 0 Å². The van der Waals surface area contributed by atoms with E-state index in [4.69, 9.17) is 21.8 Å². The van der Waals surface area contributed by atoms with Crippen molar-refractivity contribution in [3.63, 3.8) is 0 Å². The van der Waals surface area contributed by atoms with Gasteiger partial charge in [-0.15, -0.1) is 0 Å². The van der Waals surface area contributed by atoms with Gasteiger partial charge in [-0.1, -0.05) is 23.1 Å². The van der Waals surface area contributed by atoms with Gasteiger partial charge in [0.25, 0.3) is 0 Å². The smallest absolute Gasteiger partial charge is 0.316 e. The van der Waals surface area contributed by atoms with Crippen LogP contribution in [0.5, 0.6) is 0 Å². The SMILES string of the molecule is O=C(O)CNBc1ccc(Cl)cc1CO. The minimum Gasteiger partial charge on any atom is -0.480 e. The first-order valence-corrected chi connectivity index (χ1v) is 4.82. The molecular weight excluding hydrogens is 216 g/mol. The van der Waals surface area contributed by atoms with Crippen LogP contribution < -0.4 is 10.7 Å². The molecule has 0 aliphatic rings. The maximum atomic E-state index is 10.3. The Bertz CT molecular complexity index is 359. The summed E-state index contributed by atoms with van der Waals surface area (Å²) in [6, 6.07) is 5.14. The minimum atomic E-state index is -0.908. The van der Waals surface area contributed by atoms with Gasteiger partial charge in [0, 0.05) is 5.02 Å². The predicted molar refractivity (Wildman–Crippen MR) is 59.8 cm³/mol. The molecule has 0 aliphatic carbocycles. The van der Waals surface area contributed by atoms with E-state index < -0.39 is 5.97 Å². The van der Waals surface area contributed by atoms with Gasteiger partial charge in [0.05, 0.1) is 13.2 Å². The minimum absolute atomic E-state index is 0.104. The van der Waals surface area contributed by atoms with E-state index in [1.165, 1.54) is 0 Å².